The van der Waals surface area contributed by atoms with Crippen molar-refractivity contribution in [2.45, 2.75) is 32.3 Å². The lowest BCUT2D eigenvalue weighted by Crippen LogP contribution is -2.48. The van der Waals surface area contributed by atoms with Crippen LogP contribution < -0.4 is 4.74 Å². The van der Waals surface area contributed by atoms with Gasteiger partial charge in [-0.1, -0.05) is 18.5 Å². The highest BCUT2D eigenvalue weighted by Crippen LogP contribution is 2.29. The number of hydrogen-bond donors (Lipinski definition) is 0. The van der Waals surface area contributed by atoms with Crippen LogP contribution in [0.2, 0.25) is 5.02 Å². The SMILES string of the molecule is CCCN1CCN(C(=O)c2ccc(OC3CCN(S(C)(=O)=O)CC3)c(Cl)c2)CC1. The van der Waals surface area contributed by atoms with Gasteiger partial charge >= 0.3 is 0 Å². The maximum atomic E-state index is 12.8. The quantitative estimate of drug-likeness (QED) is 0.674. The first-order valence-electron chi connectivity index (χ1n) is 10.2. The van der Waals surface area contributed by atoms with Crippen molar-refractivity contribution >= 4 is 27.5 Å². The molecule has 0 unspecified atom stereocenters. The van der Waals surface area contributed by atoms with E-state index in [1.807, 2.05) is 4.90 Å². The van der Waals surface area contributed by atoms with Gasteiger partial charge in [-0.3, -0.25) is 9.69 Å². The van der Waals surface area contributed by atoms with Crippen molar-refractivity contribution in [3.63, 3.8) is 0 Å². The van der Waals surface area contributed by atoms with Crippen LogP contribution in [-0.4, -0.2) is 86.6 Å². The number of halogens is 1. The summed E-state index contributed by atoms with van der Waals surface area (Å²) in [4.78, 5) is 17.0. The Morgan fingerprint density at radius 1 is 1.14 bits per heavy atom. The van der Waals surface area contributed by atoms with Gasteiger partial charge in [-0.15, -0.1) is 0 Å². The number of hydrogen-bond acceptors (Lipinski definition) is 5. The number of ether oxygens (including phenoxy) is 1. The normalized spacial score (nSPS) is 20.0. The van der Waals surface area contributed by atoms with Crippen LogP contribution in [0.4, 0.5) is 0 Å². The number of piperidine rings is 1. The van der Waals surface area contributed by atoms with E-state index < -0.39 is 10.0 Å². The molecule has 29 heavy (non-hydrogen) atoms. The number of piperazine rings is 1. The van der Waals surface area contributed by atoms with E-state index >= 15 is 0 Å². The van der Waals surface area contributed by atoms with Gasteiger partial charge in [0.25, 0.3) is 5.91 Å². The molecule has 2 heterocycles. The Morgan fingerprint density at radius 2 is 1.79 bits per heavy atom. The second-order valence-corrected chi connectivity index (χ2v) is 10.1. The van der Waals surface area contributed by atoms with Gasteiger partial charge in [0.1, 0.15) is 11.9 Å². The van der Waals surface area contributed by atoms with Gasteiger partial charge < -0.3 is 9.64 Å². The number of carbonyl (C=O) groups excluding carboxylic acids is 1. The molecule has 0 aliphatic carbocycles. The minimum atomic E-state index is -3.16. The Kier molecular flexibility index (Phi) is 7.42. The van der Waals surface area contributed by atoms with Gasteiger partial charge in [-0.2, -0.15) is 0 Å². The Morgan fingerprint density at radius 3 is 2.34 bits per heavy atom. The first kappa shape index (κ1) is 22.3. The average Bonchev–Trinajstić information content (AvgIpc) is 2.69. The van der Waals surface area contributed by atoms with Crippen LogP contribution in [-0.2, 0) is 10.0 Å². The fourth-order valence-corrected chi connectivity index (χ4v) is 4.96. The van der Waals surface area contributed by atoms with E-state index in [2.05, 4.69) is 11.8 Å². The second kappa shape index (κ2) is 9.64. The van der Waals surface area contributed by atoms with Gasteiger partial charge in [-0.25, -0.2) is 12.7 Å². The molecule has 0 saturated carbocycles. The van der Waals surface area contributed by atoms with Crippen molar-refractivity contribution < 1.29 is 17.9 Å². The van der Waals surface area contributed by atoms with E-state index in [-0.39, 0.29) is 12.0 Å². The van der Waals surface area contributed by atoms with E-state index in [0.717, 1.165) is 39.1 Å². The predicted octanol–water partition coefficient (Wildman–Crippen LogP) is 2.31. The molecule has 2 aliphatic heterocycles. The number of benzene rings is 1. The van der Waals surface area contributed by atoms with Crippen molar-refractivity contribution in [2.75, 3.05) is 52.1 Å². The van der Waals surface area contributed by atoms with Crippen molar-refractivity contribution in [2.24, 2.45) is 0 Å². The van der Waals surface area contributed by atoms with Crippen LogP contribution in [0.15, 0.2) is 18.2 Å². The zero-order chi connectivity index (χ0) is 21.0. The highest BCUT2D eigenvalue weighted by atomic mass is 35.5. The molecule has 0 radical (unpaired) electrons. The zero-order valence-corrected chi connectivity index (χ0v) is 18.7. The molecule has 2 fully saturated rings. The third-order valence-corrected chi connectivity index (χ3v) is 7.14. The molecule has 0 spiro atoms. The molecule has 1 amide bonds. The van der Waals surface area contributed by atoms with Crippen molar-refractivity contribution in [1.82, 2.24) is 14.1 Å². The van der Waals surface area contributed by atoms with Crippen molar-refractivity contribution in [3.05, 3.63) is 28.8 Å². The Hall–Kier alpha value is -1.35. The third kappa shape index (κ3) is 5.84. The van der Waals surface area contributed by atoms with Crippen LogP contribution in [0.5, 0.6) is 5.75 Å². The summed E-state index contributed by atoms with van der Waals surface area (Å²) in [5, 5.41) is 0.408. The fourth-order valence-electron chi connectivity index (χ4n) is 3.86. The maximum absolute atomic E-state index is 12.8. The zero-order valence-electron chi connectivity index (χ0n) is 17.1. The molecule has 1 aromatic rings. The molecule has 7 nitrogen and oxygen atoms in total. The highest BCUT2D eigenvalue weighted by Gasteiger charge is 2.27. The van der Waals surface area contributed by atoms with E-state index in [1.54, 1.807) is 18.2 Å². The summed E-state index contributed by atoms with van der Waals surface area (Å²) in [6.07, 6.45) is 3.50. The van der Waals surface area contributed by atoms with E-state index in [0.29, 0.717) is 42.3 Å². The van der Waals surface area contributed by atoms with Crippen LogP contribution in [0, 0.1) is 0 Å². The molecule has 0 atom stereocenters. The smallest absolute Gasteiger partial charge is 0.253 e. The summed E-state index contributed by atoms with van der Waals surface area (Å²) < 4.78 is 30.7. The molecular formula is C20H30ClN3O4S. The number of rotatable bonds is 6. The number of carbonyl (C=O) groups is 1. The maximum Gasteiger partial charge on any atom is 0.253 e. The lowest BCUT2D eigenvalue weighted by molar-refractivity contribution is 0.0637. The van der Waals surface area contributed by atoms with Gasteiger partial charge in [0, 0.05) is 44.8 Å². The van der Waals surface area contributed by atoms with Crippen LogP contribution in [0.1, 0.15) is 36.5 Å². The van der Waals surface area contributed by atoms with Gasteiger partial charge in [0.15, 0.2) is 0 Å². The van der Waals surface area contributed by atoms with E-state index in [1.165, 1.54) is 10.6 Å². The molecule has 3 rings (SSSR count). The van der Waals surface area contributed by atoms with Crippen LogP contribution in [0.3, 0.4) is 0 Å². The summed E-state index contributed by atoms with van der Waals surface area (Å²) in [7, 11) is -3.16. The minimum absolute atomic E-state index is 0.00365. The Balaban J connectivity index is 1.56. The molecule has 162 valence electrons. The van der Waals surface area contributed by atoms with Crippen molar-refractivity contribution in [1.29, 1.82) is 0 Å². The standard InChI is InChI=1S/C20H30ClN3O4S/c1-3-8-22-11-13-23(14-12-22)20(25)16-4-5-19(18(21)15-16)28-17-6-9-24(10-7-17)29(2,26)27/h4-5,15,17H,3,6-14H2,1-2H3. The molecule has 0 aromatic heterocycles. The third-order valence-electron chi connectivity index (χ3n) is 5.54. The fraction of sp³-hybridized carbons (Fsp3) is 0.650. The first-order valence-corrected chi connectivity index (χ1v) is 12.4. The number of sulfonamides is 1. The monoisotopic (exact) mass is 443 g/mol. The topological polar surface area (TPSA) is 70.2 Å². The molecular weight excluding hydrogens is 414 g/mol. The van der Waals surface area contributed by atoms with E-state index in [9.17, 15) is 13.2 Å². The Bertz CT molecular complexity index is 817. The summed E-state index contributed by atoms with van der Waals surface area (Å²) in [6.45, 7) is 7.40. The average molecular weight is 444 g/mol. The van der Waals surface area contributed by atoms with E-state index in [4.69, 9.17) is 16.3 Å². The summed E-state index contributed by atoms with van der Waals surface area (Å²) in [5.41, 5.74) is 0.568. The molecule has 9 heteroatoms. The van der Waals surface area contributed by atoms with Gasteiger partial charge in [0.05, 0.1) is 11.3 Å². The minimum Gasteiger partial charge on any atom is -0.489 e. The summed E-state index contributed by atoms with van der Waals surface area (Å²) in [5.74, 6) is 0.532. The molecule has 2 saturated heterocycles. The molecule has 2 aliphatic rings. The van der Waals surface area contributed by atoms with Gasteiger partial charge in [0.2, 0.25) is 10.0 Å². The summed E-state index contributed by atoms with van der Waals surface area (Å²) in [6, 6.07) is 5.17. The lowest BCUT2D eigenvalue weighted by atomic mass is 10.1. The van der Waals surface area contributed by atoms with Crippen molar-refractivity contribution in [3.8, 4) is 5.75 Å². The first-order chi connectivity index (χ1) is 13.8. The van der Waals surface area contributed by atoms with Crippen LogP contribution >= 0.6 is 11.6 Å². The van der Waals surface area contributed by atoms with Crippen LogP contribution in [0.25, 0.3) is 0 Å². The number of amides is 1. The molecule has 0 bridgehead atoms. The second-order valence-electron chi connectivity index (χ2n) is 7.76. The molecule has 1 aromatic carbocycles. The predicted molar refractivity (Wildman–Crippen MR) is 114 cm³/mol. The molecule has 0 N–H and O–H groups in total. The number of nitrogens with zero attached hydrogens (tertiary/aromatic N) is 3. The Labute approximate surface area is 178 Å². The lowest BCUT2D eigenvalue weighted by Gasteiger charge is -2.34. The highest BCUT2D eigenvalue weighted by molar-refractivity contribution is 7.88. The van der Waals surface area contributed by atoms with Gasteiger partial charge in [-0.05, 0) is 44.0 Å². The summed E-state index contributed by atoms with van der Waals surface area (Å²) >= 11 is 6.39. The largest absolute Gasteiger partial charge is 0.489 e.